The third kappa shape index (κ3) is 3.19. The van der Waals surface area contributed by atoms with Crippen LogP contribution in [0, 0.1) is 0 Å². The molecule has 0 aliphatic rings. The van der Waals surface area contributed by atoms with E-state index in [4.69, 9.17) is 4.43 Å². The van der Waals surface area contributed by atoms with Gasteiger partial charge in [-0.1, -0.05) is 32.9 Å². The topological polar surface area (TPSA) is 39.2 Å². The maximum absolute atomic E-state index is 11.0. The highest BCUT2D eigenvalue weighted by Gasteiger charge is 2.39. The summed E-state index contributed by atoms with van der Waals surface area (Å²) in [7, 11) is -1.98. The predicted octanol–water partition coefficient (Wildman–Crippen LogP) is 5.19. The van der Waals surface area contributed by atoms with Crippen LogP contribution in [0.5, 0.6) is 5.75 Å². The molecule has 0 aliphatic heterocycles. The first-order valence-corrected chi connectivity index (χ1v) is 10.6. The van der Waals surface area contributed by atoms with E-state index < -0.39 is 8.32 Å². The summed E-state index contributed by atoms with van der Waals surface area (Å²) in [6.07, 6.45) is 0.760. The SMILES string of the molecule is CC(C)(C)[Si](C)(C)Oc1c(Br)ccc2ccc(C=O)nc12. The minimum absolute atomic E-state index is 0.0941. The Hall–Kier alpha value is -1.20. The smallest absolute Gasteiger partial charge is 0.250 e. The number of pyridine rings is 1. The summed E-state index contributed by atoms with van der Waals surface area (Å²) >= 11 is 3.55. The quantitative estimate of drug-likeness (QED) is 0.554. The van der Waals surface area contributed by atoms with E-state index in [1.165, 1.54) is 0 Å². The summed E-state index contributed by atoms with van der Waals surface area (Å²) in [5.41, 5.74) is 1.15. The Labute approximate surface area is 135 Å². The zero-order valence-corrected chi connectivity index (χ0v) is 15.6. The Morgan fingerprint density at radius 3 is 2.38 bits per heavy atom. The summed E-state index contributed by atoms with van der Waals surface area (Å²) in [5.74, 6) is 0.739. The van der Waals surface area contributed by atoms with Gasteiger partial charge in [-0.25, -0.2) is 4.98 Å². The van der Waals surface area contributed by atoms with Crippen LogP contribution in [0.4, 0.5) is 0 Å². The molecule has 5 heteroatoms. The molecule has 1 aromatic heterocycles. The molecule has 0 saturated heterocycles. The van der Waals surface area contributed by atoms with Crippen LogP contribution in [0.25, 0.3) is 10.9 Å². The Balaban J connectivity index is 2.62. The Morgan fingerprint density at radius 2 is 1.81 bits per heavy atom. The lowest BCUT2D eigenvalue weighted by Gasteiger charge is -2.36. The number of halogens is 1. The van der Waals surface area contributed by atoms with E-state index in [1.807, 2.05) is 18.2 Å². The molecule has 3 nitrogen and oxygen atoms in total. The van der Waals surface area contributed by atoms with E-state index in [2.05, 4.69) is 54.8 Å². The number of aromatic nitrogens is 1. The van der Waals surface area contributed by atoms with Crippen molar-refractivity contribution in [3.8, 4) is 5.75 Å². The molecule has 21 heavy (non-hydrogen) atoms. The van der Waals surface area contributed by atoms with Gasteiger partial charge in [0.1, 0.15) is 17.0 Å². The van der Waals surface area contributed by atoms with Gasteiger partial charge >= 0.3 is 0 Å². The largest absolute Gasteiger partial charge is 0.541 e. The number of carbonyl (C=O) groups is 1. The lowest BCUT2D eigenvalue weighted by Crippen LogP contribution is -2.44. The molecule has 0 spiro atoms. The van der Waals surface area contributed by atoms with Crippen molar-refractivity contribution < 1.29 is 9.22 Å². The first-order valence-electron chi connectivity index (χ1n) is 6.89. The summed E-state index contributed by atoms with van der Waals surface area (Å²) < 4.78 is 7.29. The Bertz CT molecular complexity index is 692. The summed E-state index contributed by atoms with van der Waals surface area (Å²) in [4.78, 5) is 15.4. The molecule has 112 valence electrons. The zero-order chi connectivity index (χ0) is 15.8. The van der Waals surface area contributed by atoms with Crippen molar-refractivity contribution in [2.24, 2.45) is 0 Å². The van der Waals surface area contributed by atoms with Gasteiger partial charge in [0.2, 0.25) is 0 Å². The molecule has 0 N–H and O–H groups in total. The van der Waals surface area contributed by atoms with Gasteiger partial charge in [0.05, 0.1) is 4.47 Å². The fraction of sp³-hybridized carbons (Fsp3) is 0.375. The number of aldehydes is 1. The lowest BCUT2D eigenvalue weighted by atomic mass is 10.2. The fourth-order valence-electron chi connectivity index (χ4n) is 1.72. The van der Waals surface area contributed by atoms with E-state index in [0.29, 0.717) is 5.69 Å². The molecular weight excluding hydrogens is 346 g/mol. The van der Waals surface area contributed by atoms with E-state index in [0.717, 1.165) is 27.4 Å². The average Bonchev–Trinajstić information content (AvgIpc) is 2.40. The second-order valence-corrected chi connectivity index (χ2v) is 12.2. The van der Waals surface area contributed by atoms with Crippen LogP contribution in [0.2, 0.25) is 18.1 Å². The zero-order valence-electron chi connectivity index (χ0n) is 13.0. The van der Waals surface area contributed by atoms with E-state index in [-0.39, 0.29) is 5.04 Å². The van der Waals surface area contributed by atoms with Crippen molar-refractivity contribution in [3.05, 3.63) is 34.4 Å². The molecule has 1 aromatic carbocycles. The molecule has 0 aliphatic carbocycles. The van der Waals surface area contributed by atoms with E-state index in [9.17, 15) is 4.79 Å². The summed E-state index contributed by atoms with van der Waals surface area (Å²) in [6, 6.07) is 7.56. The molecule has 0 amide bonds. The number of rotatable bonds is 3. The number of benzene rings is 1. The van der Waals surface area contributed by atoms with E-state index >= 15 is 0 Å². The first kappa shape index (κ1) is 16.2. The van der Waals surface area contributed by atoms with Gasteiger partial charge in [-0.05, 0) is 46.2 Å². The second kappa shape index (κ2) is 5.53. The van der Waals surface area contributed by atoms with Crippen molar-refractivity contribution >= 4 is 41.4 Å². The Kier molecular flexibility index (Phi) is 4.26. The predicted molar refractivity (Wildman–Crippen MR) is 92.7 cm³/mol. The Morgan fingerprint density at radius 1 is 1.19 bits per heavy atom. The van der Waals surface area contributed by atoms with Gasteiger partial charge in [-0.3, -0.25) is 4.79 Å². The van der Waals surface area contributed by atoms with Gasteiger partial charge in [-0.2, -0.15) is 0 Å². The lowest BCUT2D eigenvalue weighted by molar-refractivity contribution is 0.111. The second-order valence-electron chi connectivity index (χ2n) is 6.66. The third-order valence-corrected chi connectivity index (χ3v) is 9.02. The third-order valence-electron chi connectivity index (χ3n) is 4.07. The van der Waals surface area contributed by atoms with Gasteiger partial charge in [0.25, 0.3) is 8.32 Å². The average molecular weight is 366 g/mol. The molecule has 0 saturated carbocycles. The van der Waals surface area contributed by atoms with Gasteiger partial charge in [-0.15, -0.1) is 0 Å². The van der Waals surface area contributed by atoms with Crippen LogP contribution in [0.1, 0.15) is 31.3 Å². The van der Waals surface area contributed by atoms with Gasteiger partial charge < -0.3 is 4.43 Å². The first-order chi connectivity index (χ1) is 9.65. The number of fused-ring (bicyclic) bond motifs is 1. The van der Waals surface area contributed by atoms with Crippen LogP contribution < -0.4 is 4.43 Å². The van der Waals surface area contributed by atoms with Crippen LogP contribution in [-0.4, -0.2) is 19.6 Å². The minimum atomic E-state index is -1.98. The van der Waals surface area contributed by atoms with Crippen molar-refractivity contribution in [2.75, 3.05) is 0 Å². The molecule has 0 unspecified atom stereocenters. The van der Waals surface area contributed by atoms with Gasteiger partial charge in [0, 0.05) is 5.39 Å². The minimum Gasteiger partial charge on any atom is -0.541 e. The molecule has 2 aromatic rings. The van der Waals surface area contributed by atoms with Crippen LogP contribution in [0.3, 0.4) is 0 Å². The highest BCUT2D eigenvalue weighted by atomic mass is 79.9. The van der Waals surface area contributed by atoms with Crippen LogP contribution in [0.15, 0.2) is 28.7 Å². The van der Waals surface area contributed by atoms with Crippen molar-refractivity contribution in [1.29, 1.82) is 0 Å². The highest BCUT2D eigenvalue weighted by molar-refractivity contribution is 9.10. The standard InChI is InChI=1S/C16H20BrNO2Si/c1-16(2,3)21(4,5)20-15-13(17)9-7-11-6-8-12(10-19)18-14(11)15/h6-10H,1-5H3. The number of nitrogens with zero attached hydrogens (tertiary/aromatic N) is 1. The summed E-state index contributed by atoms with van der Waals surface area (Å²) in [5, 5.41) is 1.06. The monoisotopic (exact) mass is 365 g/mol. The van der Waals surface area contributed by atoms with Crippen molar-refractivity contribution in [1.82, 2.24) is 4.98 Å². The van der Waals surface area contributed by atoms with Crippen molar-refractivity contribution in [2.45, 2.75) is 38.9 Å². The highest BCUT2D eigenvalue weighted by Crippen LogP contribution is 2.41. The molecule has 2 rings (SSSR count). The number of hydrogen-bond acceptors (Lipinski definition) is 3. The maximum atomic E-state index is 11.0. The summed E-state index contributed by atoms with van der Waals surface area (Å²) in [6.45, 7) is 11.0. The number of hydrogen-bond donors (Lipinski definition) is 0. The van der Waals surface area contributed by atoms with Crippen LogP contribution >= 0.6 is 15.9 Å². The van der Waals surface area contributed by atoms with E-state index in [1.54, 1.807) is 6.07 Å². The molecule has 0 radical (unpaired) electrons. The van der Waals surface area contributed by atoms with Crippen LogP contribution in [-0.2, 0) is 0 Å². The maximum Gasteiger partial charge on any atom is 0.250 e. The number of carbonyl (C=O) groups excluding carboxylic acids is 1. The molecule has 0 fully saturated rings. The normalized spacial score (nSPS) is 12.5. The fourth-order valence-corrected chi connectivity index (χ4v) is 3.30. The molecule has 0 bridgehead atoms. The molecule has 0 atom stereocenters. The molecular formula is C16H20BrNO2Si. The van der Waals surface area contributed by atoms with Gasteiger partial charge in [0.15, 0.2) is 6.29 Å². The van der Waals surface area contributed by atoms with Crippen molar-refractivity contribution in [3.63, 3.8) is 0 Å². The molecule has 1 heterocycles.